The fourth-order valence-electron chi connectivity index (χ4n) is 1.73. The summed E-state index contributed by atoms with van der Waals surface area (Å²) in [5.41, 5.74) is 0.828. The van der Waals surface area contributed by atoms with Crippen molar-refractivity contribution >= 4 is 49.1 Å². The van der Waals surface area contributed by atoms with Crippen LogP contribution in [0.15, 0.2) is 38.6 Å². The molecule has 0 bridgehead atoms. The summed E-state index contributed by atoms with van der Waals surface area (Å²) in [5, 5.41) is 0. The number of rotatable bonds is 4. The molecule has 6 heteroatoms. The second-order valence-electron chi connectivity index (χ2n) is 4.22. The molecule has 1 aromatic heterocycles. The second-order valence-corrected chi connectivity index (χ2v) is 7.45. The minimum Gasteiger partial charge on any atom is -0.322 e. The summed E-state index contributed by atoms with van der Waals surface area (Å²) in [4.78, 5) is 14.6. The third-order valence-corrected chi connectivity index (χ3v) is 5.96. The molecule has 0 saturated heterocycles. The number of benzene rings is 1. The lowest BCUT2D eigenvalue weighted by Crippen LogP contribution is -2.30. The van der Waals surface area contributed by atoms with Crippen molar-refractivity contribution in [3.8, 4) is 12.3 Å². The first kappa shape index (κ1) is 16.2. The van der Waals surface area contributed by atoms with Crippen LogP contribution >= 0.6 is 43.2 Å². The third kappa shape index (κ3) is 4.16. The summed E-state index contributed by atoms with van der Waals surface area (Å²) in [6.07, 6.45) is 5.34. The molecule has 0 aliphatic heterocycles. The Morgan fingerprint density at radius 3 is 2.52 bits per heavy atom. The van der Waals surface area contributed by atoms with Gasteiger partial charge in [-0.15, -0.1) is 17.8 Å². The Hall–Kier alpha value is -1.16. The Bertz CT molecular complexity index is 671. The molecule has 0 saturated carbocycles. The van der Waals surface area contributed by atoms with Crippen molar-refractivity contribution in [3.63, 3.8) is 0 Å². The molecular formula is C15H10Br2FNOS. The highest BCUT2D eigenvalue weighted by Gasteiger charge is 2.19. The SMILES string of the molecule is C#CCN(Cc1ccc(F)cc1)C(=O)c1cc(Br)c(Br)s1. The van der Waals surface area contributed by atoms with Gasteiger partial charge in [0.05, 0.1) is 15.2 Å². The molecule has 0 unspecified atom stereocenters. The standard InChI is InChI=1S/C15H10Br2FNOS/c1-2-7-19(9-10-3-5-11(18)6-4-10)15(20)13-8-12(16)14(17)21-13/h1,3-6,8H,7,9H2. The third-order valence-electron chi connectivity index (χ3n) is 2.71. The summed E-state index contributed by atoms with van der Waals surface area (Å²) in [5.74, 6) is 2.03. The number of halogens is 3. The van der Waals surface area contributed by atoms with Gasteiger partial charge < -0.3 is 4.90 Å². The summed E-state index contributed by atoms with van der Waals surface area (Å²) in [6.45, 7) is 0.541. The second kappa shape index (κ2) is 7.21. The zero-order valence-electron chi connectivity index (χ0n) is 10.8. The Labute approximate surface area is 143 Å². The maximum Gasteiger partial charge on any atom is 0.265 e. The zero-order chi connectivity index (χ0) is 15.4. The molecule has 1 amide bonds. The molecule has 0 atom stereocenters. The first-order chi connectivity index (χ1) is 10.0. The van der Waals surface area contributed by atoms with Gasteiger partial charge in [-0.3, -0.25) is 4.79 Å². The van der Waals surface area contributed by atoms with Crippen LogP contribution in [0.25, 0.3) is 0 Å². The first-order valence-corrected chi connectivity index (χ1v) is 8.33. The van der Waals surface area contributed by atoms with Crippen LogP contribution in [0.1, 0.15) is 15.2 Å². The molecule has 0 aliphatic rings. The fourth-order valence-corrected chi connectivity index (χ4v) is 3.73. The van der Waals surface area contributed by atoms with Crippen LogP contribution in [-0.4, -0.2) is 17.4 Å². The first-order valence-electron chi connectivity index (χ1n) is 5.93. The molecule has 0 radical (unpaired) electrons. The Kier molecular flexibility index (Phi) is 5.57. The van der Waals surface area contributed by atoms with Gasteiger partial charge in [0.2, 0.25) is 0 Å². The monoisotopic (exact) mass is 429 g/mol. The highest BCUT2D eigenvalue weighted by Crippen LogP contribution is 2.33. The van der Waals surface area contributed by atoms with Gasteiger partial charge in [-0.05, 0) is 55.6 Å². The number of nitrogens with zero attached hydrogens (tertiary/aromatic N) is 1. The lowest BCUT2D eigenvalue weighted by molar-refractivity contribution is 0.0770. The average molecular weight is 431 g/mol. The van der Waals surface area contributed by atoms with Crippen LogP contribution in [0.5, 0.6) is 0 Å². The van der Waals surface area contributed by atoms with E-state index in [-0.39, 0.29) is 18.3 Å². The number of carbonyl (C=O) groups excluding carboxylic acids is 1. The molecule has 0 aliphatic carbocycles. The number of terminal acetylenes is 1. The summed E-state index contributed by atoms with van der Waals surface area (Å²) >= 11 is 8.06. The predicted molar refractivity (Wildman–Crippen MR) is 89.7 cm³/mol. The lowest BCUT2D eigenvalue weighted by atomic mass is 10.2. The van der Waals surface area contributed by atoms with Gasteiger partial charge in [-0.25, -0.2) is 4.39 Å². The van der Waals surface area contributed by atoms with Crippen LogP contribution in [0.4, 0.5) is 4.39 Å². The van der Waals surface area contributed by atoms with Crippen molar-refractivity contribution in [1.29, 1.82) is 0 Å². The van der Waals surface area contributed by atoms with Crippen molar-refractivity contribution in [2.45, 2.75) is 6.54 Å². The van der Waals surface area contributed by atoms with E-state index in [1.807, 2.05) is 0 Å². The van der Waals surface area contributed by atoms with E-state index in [4.69, 9.17) is 6.42 Å². The van der Waals surface area contributed by atoms with E-state index in [2.05, 4.69) is 37.8 Å². The fraction of sp³-hybridized carbons (Fsp3) is 0.133. The van der Waals surface area contributed by atoms with Crippen molar-refractivity contribution in [3.05, 3.63) is 54.8 Å². The van der Waals surface area contributed by atoms with Crippen LogP contribution in [0, 0.1) is 18.2 Å². The molecule has 1 aromatic carbocycles. The largest absolute Gasteiger partial charge is 0.322 e. The van der Waals surface area contributed by atoms with Gasteiger partial charge in [0.15, 0.2) is 0 Å². The smallest absolute Gasteiger partial charge is 0.265 e. The molecule has 0 N–H and O–H groups in total. The summed E-state index contributed by atoms with van der Waals surface area (Å²) in [7, 11) is 0. The highest BCUT2D eigenvalue weighted by molar-refractivity contribution is 9.13. The molecule has 0 spiro atoms. The number of carbonyl (C=O) groups is 1. The number of thiophene rings is 1. The maximum absolute atomic E-state index is 12.9. The highest BCUT2D eigenvalue weighted by atomic mass is 79.9. The van der Waals surface area contributed by atoms with E-state index in [0.29, 0.717) is 11.4 Å². The predicted octanol–water partition coefficient (Wildman–Crippen LogP) is 4.69. The topological polar surface area (TPSA) is 20.3 Å². The number of amides is 1. The molecule has 2 rings (SSSR count). The van der Waals surface area contributed by atoms with E-state index in [0.717, 1.165) is 13.8 Å². The minimum atomic E-state index is -0.306. The molecule has 0 fully saturated rings. The van der Waals surface area contributed by atoms with E-state index in [1.54, 1.807) is 23.1 Å². The van der Waals surface area contributed by atoms with Crippen LogP contribution < -0.4 is 0 Å². The van der Waals surface area contributed by atoms with Gasteiger partial charge in [0.25, 0.3) is 5.91 Å². The average Bonchev–Trinajstić information content (AvgIpc) is 2.80. The summed E-state index contributed by atoms with van der Waals surface area (Å²) < 4.78 is 14.6. The van der Waals surface area contributed by atoms with Gasteiger partial charge in [0.1, 0.15) is 5.82 Å². The van der Waals surface area contributed by atoms with Gasteiger partial charge in [-0.2, -0.15) is 0 Å². The number of hydrogen-bond acceptors (Lipinski definition) is 2. The van der Waals surface area contributed by atoms with E-state index in [1.165, 1.54) is 23.5 Å². The van der Waals surface area contributed by atoms with E-state index < -0.39 is 0 Å². The van der Waals surface area contributed by atoms with Gasteiger partial charge >= 0.3 is 0 Å². The Morgan fingerprint density at radius 2 is 2.00 bits per heavy atom. The molecule has 2 aromatic rings. The van der Waals surface area contributed by atoms with E-state index >= 15 is 0 Å². The van der Waals surface area contributed by atoms with Gasteiger partial charge in [0, 0.05) is 11.0 Å². The van der Waals surface area contributed by atoms with Gasteiger partial charge in [-0.1, -0.05) is 18.1 Å². The van der Waals surface area contributed by atoms with Crippen LogP contribution in [0.3, 0.4) is 0 Å². The molecule has 1 heterocycles. The molecule has 108 valence electrons. The van der Waals surface area contributed by atoms with Crippen LogP contribution in [0.2, 0.25) is 0 Å². The summed E-state index contributed by atoms with van der Waals surface area (Å²) in [6, 6.07) is 7.78. The Balaban J connectivity index is 2.20. The van der Waals surface area contributed by atoms with Crippen molar-refractivity contribution in [2.75, 3.05) is 6.54 Å². The van der Waals surface area contributed by atoms with Crippen molar-refractivity contribution in [2.24, 2.45) is 0 Å². The molecular weight excluding hydrogens is 421 g/mol. The zero-order valence-corrected chi connectivity index (χ0v) is 14.8. The quantitative estimate of drug-likeness (QED) is 0.644. The van der Waals surface area contributed by atoms with Crippen molar-refractivity contribution in [1.82, 2.24) is 4.90 Å². The molecule has 2 nitrogen and oxygen atoms in total. The normalized spacial score (nSPS) is 10.2. The van der Waals surface area contributed by atoms with Crippen molar-refractivity contribution < 1.29 is 9.18 Å². The maximum atomic E-state index is 12.9. The van der Waals surface area contributed by atoms with E-state index in [9.17, 15) is 9.18 Å². The Morgan fingerprint density at radius 1 is 1.33 bits per heavy atom. The lowest BCUT2D eigenvalue weighted by Gasteiger charge is -2.19. The molecule has 21 heavy (non-hydrogen) atoms. The van der Waals surface area contributed by atoms with Crippen LogP contribution in [-0.2, 0) is 6.54 Å². The minimum absolute atomic E-state index is 0.145. The number of hydrogen-bond donors (Lipinski definition) is 0.